The number of hydrogen-bond donors (Lipinski definition) is 2. The summed E-state index contributed by atoms with van der Waals surface area (Å²) < 4.78 is 0. The summed E-state index contributed by atoms with van der Waals surface area (Å²) in [5, 5.41) is 2.40. The van der Waals surface area contributed by atoms with Gasteiger partial charge in [0.2, 0.25) is 0 Å². The number of amides is 3. The summed E-state index contributed by atoms with van der Waals surface area (Å²) in [6.45, 7) is 2.53. The molecule has 0 aromatic heterocycles. The summed E-state index contributed by atoms with van der Waals surface area (Å²) in [6.07, 6.45) is 0.333. The molecule has 2 rings (SSSR count). The van der Waals surface area contributed by atoms with E-state index in [9.17, 15) is 24.0 Å². The van der Waals surface area contributed by atoms with Crippen molar-refractivity contribution in [1.82, 2.24) is 10.2 Å². The van der Waals surface area contributed by atoms with E-state index in [0.717, 1.165) is 0 Å². The minimum Gasteiger partial charge on any atom is -0.352 e. The van der Waals surface area contributed by atoms with Crippen LogP contribution in [0.1, 0.15) is 53.0 Å². The number of hydrogen-bond acceptors (Lipinski definition) is 5. The first-order valence-corrected chi connectivity index (χ1v) is 8.21. The summed E-state index contributed by atoms with van der Waals surface area (Å²) >= 11 is 0. The zero-order valence-corrected chi connectivity index (χ0v) is 14.7. The third-order valence-corrected chi connectivity index (χ3v) is 4.30. The van der Waals surface area contributed by atoms with Gasteiger partial charge >= 0.3 is 6.03 Å². The molecule has 1 aromatic carbocycles. The molecular weight excluding hydrogens is 338 g/mol. The Labute approximate surface area is 150 Å². The van der Waals surface area contributed by atoms with E-state index in [1.165, 1.54) is 24.8 Å². The standard InChI is InChI=1S/C18H21N3O5/c1-10(22)6-7-14(11(2)23)21-9-15(24)16-12(8-20-18(19)26)4-3-5-13(16)17(21)25/h3-5,14H,6-9H2,1-2H3,(H3,19,20,26). The molecule has 8 nitrogen and oxygen atoms in total. The van der Waals surface area contributed by atoms with Crippen LogP contribution in [0.4, 0.5) is 4.79 Å². The number of carbonyl (C=O) groups excluding carboxylic acids is 5. The number of nitrogens with two attached hydrogens (primary N) is 1. The van der Waals surface area contributed by atoms with Crippen molar-refractivity contribution in [3.05, 3.63) is 34.9 Å². The molecule has 0 fully saturated rings. The maximum atomic E-state index is 12.9. The Balaban J connectivity index is 2.35. The Kier molecular flexibility index (Phi) is 5.86. The minimum atomic E-state index is -0.823. The van der Waals surface area contributed by atoms with Gasteiger partial charge in [-0.25, -0.2) is 4.79 Å². The van der Waals surface area contributed by atoms with Crippen LogP contribution in [0.5, 0.6) is 0 Å². The SMILES string of the molecule is CC(=O)CCC(C(C)=O)N1CC(=O)c2c(CNC(N)=O)cccc2C1=O. The first-order chi connectivity index (χ1) is 12.2. The van der Waals surface area contributed by atoms with E-state index in [4.69, 9.17) is 5.73 Å². The summed E-state index contributed by atoms with van der Waals surface area (Å²) in [6, 6.07) is 3.19. The molecule has 3 amide bonds. The summed E-state index contributed by atoms with van der Waals surface area (Å²) in [5.74, 6) is -1.13. The first kappa shape index (κ1) is 19.3. The highest BCUT2D eigenvalue weighted by atomic mass is 16.2. The highest BCUT2D eigenvalue weighted by molar-refractivity contribution is 6.15. The molecule has 0 spiro atoms. The van der Waals surface area contributed by atoms with Crippen LogP contribution in [-0.2, 0) is 16.1 Å². The lowest BCUT2D eigenvalue weighted by Gasteiger charge is -2.34. The number of Topliss-reactive ketones (excluding diaryl/α,β-unsaturated/α-hetero) is 3. The molecule has 1 aliphatic heterocycles. The van der Waals surface area contributed by atoms with Gasteiger partial charge in [-0.1, -0.05) is 12.1 Å². The molecule has 1 aromatic rings. The van der Waals surface area contributed by atoms with Gasteiger partial charge in [-0.05, 0) is 31.9 Å². The normalized spacial score (nSPS) is 14.6. The van der Waals surface area contributed by atoms with Crippen molar-refractivity contribution >= 4 is 29.3 Å². The molecule has 0 saturated heterocycles. The van der Waals surface area contributed by atoms with E-state index in [1.807, 2.05) is 0 Å². The van der Waals surface area contributed by atoms with Crippen molar-refractivity contribution in [3.8, 4) is 0 Å². The van der Waals surface area contributed by atoms with Crippen LogP contribution in [0.2, 0.25) is 0 Å². The topological polar surface area (TPSA) is 127 Å². The number of urea groups is 1. The number of nitrogens with one attached hydrogen (secondary N) is 1. The molecule has 26 heavy (non-hydrogen) atoms. The van der Waals surface area contributed by atoms with E-state index in [0.29, 0.717) is 5.56 Å². The lowest BCUT2D eigenvalue weighted by atomic mass is 9.90. The summed E-state index contributed by atoms with van der Waals surface area (Å²) in [4.78, 5) is 60.9. The predicted molar refractivity (Wildman–Crippen MR) is 92.6 cm³/mol. The smallest absolute Gasteiger partial charge is 0.312 e. The summed E-state index contributed by atoms with van der Waals surface area (Å²) in [5.41, 5.74) is 5.96. The minimum absolute atomic E-state index is 0.0258. The molecule has 8 heteroatoms. The van der Waals surface area contributed by atoms with Gasteiger partial charge in [0.25, 0.3) is 5.91 Å². The molecule has 0 radical (unpaired) electrons. The number of nitrogens with zero attached hydrogens (tertiary/aromatic N) is 1. The average molecular weight is 359 g/mol. The number of primary amides is 1. The van der Waals surface area contributed by atoms with Crippen LogP contribution in [0.15, 0.2) is 18.2 Å². The number of rotatable bonds is 7. The van der Waals surface area contributed by atoms with Crippen molar-refractivity contribution in [2.75, 3.05) is 6.54 Å². The highest BCUT2D eigenvalue weighted by Crippen LogP contribution is 2.25. The van der Waals surface area contributed by atoms with Gasteiger partial charge in [0.05, 0.1) is 18.2 Å². The van der Waals surface area contributed by atoms with Crippen LogP contribution < -0.4 is 11.1 Å². The van der Waals surface area contributed by atoms with Gasteiger partial charge < -0.3 is 20.7 Å². The van der Waals surface area contributed by atoms with Crippen molar-refractivity contribution in [3.63, 3.8) is 0 Å². The van der Waals surface area contributed by atoms with Crippen LogP contribution in [0.3, 0.4) is 0 Å². The van der Waals surface area contributed by atoms with Gasteiger partial charge in [0, 0.05) is 18.5 Å². The zero-order valence-electron chi connectivity index (χ0n) is 14.7. The van der Waals surface area contributed by atoms with Crippen molar-refractivity contribution in [2.45, 2.75) is 39.3 Å². The van der Waals surface area contributed by atoms with Gasteiger partial charge in [-0.15, -0.1) is 0 Å². The highest BCUT2D eigenvalue weighted by Gasteiger charge is 2.37. The van der Waals surface area contributed by atoms with Crippen LogP contribution in [0, 0.1) is 0 Å². The molecule has 0 saturated carbocycles. The Morgan fingerprint density at radius 2 is 1.92 bits per heavy atom. The average Bonchev–Trinajstić information content (AvgIpc) is 2.56. The number of fused-ring (bicyclic) bond motifs is 1. The van der Waals surface area contributed by atoms with E-state index in [2.05, 4.69) is 5.32 Å². The zero-order chi connectivity index (χ0) is 19.4. The number of ketones is 3. The molecule has 0 bridgehead atoms. The third kappa shape index (κ3) is 4.14. The predicted octanol–water partition coefficient (Wildman–Crippen LogP) is 0.820. The molecule has 1 unspecified atom stereocenters. The van der Waals surface area contributed by atoms with E-state index >= 15 is 0 Å². The number of benzene rings is 1. The van der Waals surface area contributed by atoms with Gasteiger partial charge in [-0.3, -0.25) is 14.4 Å². The lowest BCUT2D eigenvalue weighted by molar-refractivity contribution is -0.122. The van der Waals surface area contributed by atoms with Crippen molar-refractivity contribution in [1.29, 1.82) is 0 Å². The van der Waals surface area contributed by atoms with Crippen LogP contribution in [0.25, 0.3) is 0 Å². The monoisotopic (exact) mass is 359 g/mol. The van der Waals surface area contributed by atoms with E-state index in [1.54, 1.807) is 12.1 Å². The lowest BCUT2D eigenvalue weighted by Crippen LogP contribution is -2.50. The Morgan fingerprint density at radius 3 is 2.50 bits per heavy atom. The Bertz CT molecular complexity index is 787. The second-order valence-corrected chi connectivity index (χ2v) is 6.28. The maximum absolute atomic E-state index is 12.9. The van der Waals surface area contributed by atoms with Crippen LogP contribution in [-0.4, -0.2) is 46.8 Å². The van der Waals surface area contributed by atoms with E-state index < -0.39 is 18.0 Å². The van der Waals surface area contributed by atoms with Gasteiger partial charge in [0.1, 0.15) is 5.78 Å². The van der Waals surface area contributed by atoms with Crippen molar-refractivity contribution in [2.24, 2.45) is 5.73 Å². The molecule has 138 valence electrons. The fraction of sp³-hybridized carbons (Fsp3) is 0.389. The molecule has 1 heterocycles. The fourth-order valence-corrected chi connectivity index (χ4v) is 3.07. The van der Waals surface area contributed by atoms with E-state index in [-0.39, 0.29) is 54.4 Å². The second-order valence-electron chi connectivity index (χ2n) is 6.28. The summed E-state index contributed by atoms with van der Waals surface area (Å²) in [7, 11) is 0. The fourth-order valence-electron chi connectivity index (χ4n) is 3.07. The largest absolute Gasteiger partial charge is 0.352 e. The Morgan fingerprint density at radius 1 is 1.23 bits per heavy atom. The Hall–Kier alpha value is -3.03. The van der Waals surface area contributed by atoms with Gasteiger partial charge in [0.15, 0.2) is 11.6 Å². The molecule has 3 N–H and O–H groups in total. The quantitative estimate of drug-likeness (QED) is 0.745. The number of carbonyl (C=O) groups is 5. The second kappa shape index (κ2) is 7.90. The third-order valence-electron chi connectivity index (χ3n) is 4.30. The molecule has 1 atom stereocenters. The maximum Gasteiger partial charge on any atom is 0.312 e. The molecule has 0 aliphatic carbocycles. The molecular formula is C18H21N3O5. The van der Waals surface area contributed by atoms with Crippen LogP contribution >= 0.6 is 0 Å². The molecule has 1 aliphatic rings. The van der Waals surface area contributed by atoms with Gasteiger partial charge in [-0.2, -0.15) is 0 Å². The first-order valence-electron chi connectivity index (χ1n) is 8.21. The van der Waals surface area contributed by atoms with Crippen molar-refractivity contribution < 1.29 is 24.0 Å².